The lowest BCUT2D eigenvalue weighted by Gasteiger charge is -2.03. The summed E-state index contributed by atoms with van der Waals surface area (Å²) in [4.78, 5) is 7.48. The van der Waals surface area contributed by atoms with E-state index in [1.165, 1.54) is 0 Å². The Labute approximate surface area is 96.6 Å². The topological polar surface area (TPSA) is 59.6 Å². The minimum absolute atomic E-state index is 0.615. The van der Waals surface area contributed by atoms with Crippen LogP contribution in [0, 0.1) is 0 Å². The van der Waals surface area contributed by atoms with Crippen LogP contribution in [0.4, 0.5) is 0 Å². The van der Waals surface area contributed by atoms with Gasteiger partial charge in [0.05, 0.1) is 5.69 Å². The van der Waals surface area contributed by atoms with Gasteiger partial charge in [-0.2, -0.15) is 0 Å². The first-order valence-electron chi connectivity index (χ1n) is 4.78. The third-order valence-corrected chi connectivity index (χ3v) is 2.94. The van der Waals surface area contributed by atoms with Crippen LogP contribution in [-0.4, -0.2) is 21.1 Å². The molecule has 2 heterocycles. The van der Waals surface area contributed by atoms with Crippen LogP contribution in [0.1, 0.15) is 5.82 Å². The molecule has 0 amide bonds. The van der Waals surface area contributed by atoms with Crippen molar-refractivity contribution in [2.24, 2.45) is 12.8 Å². The van der Waals surface area contributed by atoms with E-state index < -0.39 is 0 Å². The van der Waals surface area contributed by atoms with E-state index in [2.05, 4.69) is 30.5 Å². The second-order valence-corrected chi connectivity index (χ2v) is 4.12. The summed E-state index contributed by atoms with van der Waals surface area (Å²) >= 11 is 3.47. The second kappa shape index (κ2) is 4.20. The average Bonchev–Trinajstić information content (AvgIpc) is 2.77. The van der Waals surface area contributed by atoms with Crippen molar-refractivity contribution in [3.8, 4) is 11.3 Å². The highest BCUT2D eigenvalue weighted by atomic mass is 79.9. The Morgan fingerprint density at radius 2 is 2.40 bits per heavy atom. The molecule has 0 aliphatic carbocycles. The lowest BCUT2D eigenvalue weighted by molar-refractivity contribution is 0.782. The largest absolute Gasteiger partial charge is 0.367 e. The van der Waals surface area contributed by atoms with E-state index in [0.29, 0.717) is 6.54 Å². The van der Waals surface area contributed by atoms with E-state index in [1.54, 1.807) is 0 Å². The molecule has 0 radical (unpaired) electrons. The molecule has 2 aromatic heterocycles. The van der Waals surface area contributed by atoms with Crippen molar-refractivity contribution >= 4 is 15.9 Å². The highest BCUT2D eigenvalue weighted by Crippen LogP contribution is 2.28. The number of aromatic amines is 1. The van der Waals surface area contributed by atoms with Gasteiger partial charge in [-0.15, -0.1) is 0 Å². The third kappa shape index (κ3) is 1.85. The maximum Gasteiger partial charge on any atom is 0.132 e. The number of halogens is 1. The fourth-order valence-corrected chi connectivity index (χ4v) is 2.34. The number of nitrogens with zero attached hydrogens (tertiary/aromatic N) is 2. The Morgan fingerprint density at radius 3 is 3.00 bits per heavy atom. The Hall–Kier alpha value is -1.07. The highest BCUT2D eigenvalue weighted by molar-refractivity contribution is 9.10. The number of hydrogen-bond donors (Lipinski definition) is 2. The van der Waals surface area contributed by atoms with Gasteiger partial charge in [-0.3, -0.25) is 0 Å². The van der Waals surface area contributed by atoms with Gasteiger partial charge in [0, 0.05) is 31.4 Å². The molecule has 80 valence electrons. The van der Waals surface area contributed by atoms with E-state index >= 15 is 0 Å². The first kappa shape index (κ1) is 10.4. The standard InChI is InChI=1S/C10H13BrN4/c1-15-8(2-4-12)14-10(11)9(15)7-3-5-13-6-7/h3,5-6,13H,2,4,12H2,1H3. The van der Waals surface area contributed by atoms with Crippen LogP contribution in [0.25, 0.3) is 11.3 Å². The van der Waals surface area contributed by atoms with Crippen molar-refractivity contribution in [2.75, 3.05) is 6.54 Å². The van der Waals surface area contributed by atoms with Crippen molar-refractivity contribution in [1.82, 2.24) is 14.5 Å². The van der Waals surface area contributed by atoms with Crippen LogP contribution in [-0.2, 0) is 13.5 Å². The van der Waals surface area contributed by atoms with Crippen LogP contribution in [0.5, 0.6) is 0 Å². The maximum absolute atomic E-state index is 5.53. The number of aromatic nitrogens is 3. The summed E-state index contributed by atoms with van der Waals surface area (Å²) in [6.07, 6.45) is 4.64. The van der Waals surface area contributed by atoms with E-state index in [9.17, 15) is 0 Å². The number of nitrogens with one attached hydrogen (secondary N) is 1. The molecular formula is C10H13BrN4. The van der Waals surface area contributed by atoms with Gasteiger partial charge in [0.1, 0.15) is 10.4 Å². The molecule has 0 aromatic carbocycles. The Kier molecular flexibility index (Phi) is 2.93. The maximum atomic E-state index is 5.53. The summed E-state index contributed by atoms with van der Waals surface area (Å²) in [5.74, 6) is 1.00. The zero-order valence-electron chi connectivity index (χ0n) is 8.50. The molecule has 0 atom stereocenters. The third-order valence-electron chi connectivity index (χ3n) is 2.38. The highest BCUT2D eigenvalue weighted by Gasteiger charge is 2.13. The average molecular weight is 269 g/mol. The number of rotatable bonds is 3. The van der Waals surface area contributed by atoms with E-state index in [-0.39, 0.29) is 0 Å². The summed E-state index contributed by atoms with van der Waals surface area (Å²) in [5.41, 5.74) is 7.74. The van der Waals surface area contributed by atoms with Gasteiger partial charge >= 0.3 is 0 Å². The number of nitrogens with two attached hydrogens (primary N) is 1. The molecule has 3 N–H and O–H groups in total. The van der Waals surface area contributed by atoms with Gasteiger partial charge < -0.3 is 15.3 Å². The Balaban J connectivity index is 2.48. The van der Waals surface area contributed by atoms with Crippen molar-refractivity contribution in [2.45, 2.75) is 6.42 Å². The van der Waals surface area contributed by atoms with Crippen LogP contribution in [0.2, 0.25) is 0 Å². The predicted octanol–water partition coefficient (Wildman–Crippen LogP) is 1.68. The molecule has 0 aliphatic heterocycles. The summed E-state index contributed by atoms with van der Waals surface area (Å²) in [6, 6.07) is 2.02. The SMILES string of the molecule is Cn1c(CCN)nc(Br)c1-c1cc[nH]c1. The number of H-pyrrole nitrogens is 1. The summed E-state index contributed by atoms with van der Waals surface area (Å²) in [7, 11) is 2.01. The predicted molar refractivity (Wildman–Crippen MR) is 63.5 cm³/mol. The molecule has 0 unspecified atom stereocenters. The molecule has 0 aliphatic rings. The minimum Gasteiger partial charge on any atom is -0.367 e. The smallest absolute Gasteiger partial charge is 0.132 e. The van der Waals surface area contributed by atoms with E-state index in [0.717, 1.165) is 28.1 Å². The number of imidazole rings is 1. The zero-order chi connectivity index (χ0) is 10.8. The lowest BCUT2D eigenvalue weighted by atomic mass is 10.2. The first-order chi connectivity index (χ1) is 7.24. The summed E-state index contributed by atoms with van der Waals surface area (Å²) in [6.45, 7) is 0.615. The molecular weight excluding hydrogens is 256 g/mol. The van der Waals surface area contributed by atoms with Crippen LogP contribution in [0.3, 0.4) is 0 Å². The van der Waals surface area contributed by atoms with E-state index in [1.807, 2.05) is 25.5 Å². The molecule has 15 heavy (non-hydrogen) atoms. The molecule has 0 saturated carbocycles. The summed E-state index contributed by atoms with van der Waals surface area (Å²) < 4.78 is 2.94. The molecule has 0 bridgehead atoms. The molecule has 5 heteroatoms. The monoisotopic (exact) mass is 268 g/mol. The normalized spacial score (nSPS) is 10.9. The van der Waals surface area contributed by atoms with Gasteiger partial charge in [0.25, 0.3) is 0 Å². The number of hydrogen-bond acceptors (Lipinski definition) is 2. The zero-order valence-corrected chi connectivity index (χ0v) is 10.1. The van der Waals surface area contributed by atoms with Crippen LogP contribution < -0.4 is 5.73 Å². The van der Waals surface area contributed by atoms with Crippen molar-refractivity contribution < 1.29 is 0 Å². The van der Waals surface area contributed by atoms with Crippen LogP contribution >= 0.6 is 15.9 Å². The van der Waals surface area contributed by atoms with E-state index in [4.69, 9.17) is 5.73 Å². The van der Waals surface area contributed by atoms with Gasteiger partial charge in [-0.05, 0) is 28.5 Å². The van der Waals surface area contributed by atoms with Crippen molar-refractivity contribution in [3.63, 3.8) is 0 Å². The van der Waals surface area contributed by atoms with Crippen LogP contribution in [0.15, 0.2) is 23.1 Å². The molecule has 0 fully saturated rings. The lowest BCUT2D eigenvalue weighted by Crippen LogP contribution is -2.08. The Morgan fingerprint density at radius 1 is 1.60 bits per heavy atom. The molecule has 0 spiro atoms. The van der Waals surface area contributed by atoms with Gasteiger partial charge in [0.15, 0.2) is 0 Å². The fourth-order valence-electron chi connectivity index (χ4n) is 1.65. The molecule has 0 saturated heterocycles. The Bertz CT molecular complexity index is 444. The van der Waals surface area contributed by atoms with Gasteiger partial charge in [-0.1, -0.05) is 0 Å². The fraction of sp³-hybridized carbons (Fsp3) is 0.300. The quantitative estimate of drug-likeness (QED) is 0.890. The molecule has 2 rings (SSSR count). The van der Waals surface area contributed by atoms with Gasteiger partial charge in [0.2, 0.25) is 0 Å². The molecule has 2 aromatic rings. The first-order valence-corrected chi connectivity index (χ1v) is 5.57. The second-order valence-electron chi connectivity index (χ2n) is 3.36. The minimum atomic E-state index is 0.615. The molecule has 4 nitrogen and oxygen atoms in total. The van der Waals surface area contributed by atoms with Crippen molar-refractivity contribution in [1.29, 1.82) is 0 Å². The van der Waals surface area contributed by atoms with Gasteiger partial charge in [-0.25, -0.2) is 4.98 Å². The summed E-state index contributed by atoms with van der Waals surface area (Å²) in [5, 5.41) is 0. The van der Waals surface area contributed by atoms with Crippen molar-refractivity contribution in [3.05, 3.63) is 28.9 Å².